The molecule has 0 fully saturated rings. The number of amides is 2. The van der Waals surface area contributed by atoms with Gasteiger partial charge in [-0.15, -0.1) is 0 Å². The van der Waals surface area contributed by atoms with Crippen LogP contribution in [-0.2, 0) is 0 Å². The van der Waals surface area contributed by atoms with Crippen LogP contribution in [0.1, 0.15) is 40.5 Å². The van der Waals surface area contributed by atoms with Gasteiger partial charge < -0.3 is 0 Å². The number of aliphatic imine (C=N–C) groups is 1. The van der Waals surface area contributed by atoms with Gasteiger partial charge in [0.25, 0.3) is 11.8 Å². The Morgan fingerprint density at radius 3 is 2.08 bits per heavy atom. The van der Waals surface area contributed by atoms with E-state index < -0.39 is 0 Å². The zero-order valence-electron chi connectivity index (χ0n) is 14.5. The van der Waals surface area contributed by atoms with E-state index >= 15 is 0 Å². The molecule has 0 bridgehead atoms. The molecule has 2 aromatic carbocycles. The van der Waals surface area contributed by atoms with Crippen LogP contribution in [0.25, 0.3) is 0 Å². The lowest BCUT2D eigenvalue weighted by molar-refractivity contribution is 0.0873. The molecule has 0 N–H and O–H groups in total. The first-order valence-electron chi connectivity index (χ1n) is 8.27. The minimum absolute atomic E-state index is 0.177. The van der Waals surface area contributed by atoms with Crippen molar-refractivity contribution in [2.45, 2.75) is 19.8 Å². The fourth-order valence-electron chi connectivity index (χ4n) is 2.11. The Balaban J connectivity index is 2.23. The topological polar surface area (TPSA) is 49.7 Å². The maximum Gasteiger partial charge on any atom is 0.279 e. The summed E-state index contributed by atoms with van der Waals surface area (Å²) in [5.41, 5.74) is 1.08. The highest BCUT2D eigenvalue weighted by atomic mass is 32.2. The number of thioether (sulfide) groups is 1. The van der Waals surface area contributed by atoms with Crippen molar-refractivity contribution >= 4 is 28.7 Å². The van der Waals surface area contributed by atoms with Crippen LogP contribution < -0.4 is 0 Å². The second-order valence-corrected chi connectivity index (χ2v) is 6.56. The van der Waals surface area contributed by atoms with Crippen LogP contribution in [0.5, 0.6) is 0 Å². The predicted octanol–water partition coefficient (Wildman–Crippen LogP) is 4.49. The number of carbonyl (C=O) groups excluding carboxylic acids is 2. The highest BCUT2D eigenvalue weighted by Gasteiger charge is 2.19. The van der Waals surface area contributed by atoms with Gasteiger partial charge in [0, 0.05) is 23.9 Å². The highest BCUT2D eigenvalue weighted by molar-refractivity contribution is 8.13. The lowest BCUT2D eigenvalue weighted by Gasteiger charge is -2.19. The monoisotopic (exact) mass is 354 g/mol. The Hall–Kier alpha value is -2.40. The summed E-state index contributed by atoms with van der Waals surface area (Å²) in [6.45, 7) is 2.10. The Labute approximate surface area is 153 Å². The van der Waals surface area contributed by atoms with Gasteiger partial charge in [-0.1, -0.05) is 61.5 Å². The van der Waals surface area contributed by atoms with E-state index in [1.807, 2.05) is 24.3 Å². The molecule has 0 atom stereocenters. The van der Waals surface area contributed by atoms with Gasteiger partial charge in [0.1, 0.15) is 0 Å². The third-order valence-electron chi connectivity index (χ3n) is 3.56. The fraction of sp³-hybridized carbons (Fsp3) is 0.250. The quantitative estimate of drug-likeness (QED) is 0.452. The van der Waals surface area contributed by atoms with Crippen LogP contribution in [0.4, 0.5) is 0 Å². The van der Waals surface area contributed by atoms with Crippen molar-refractivity contribution < 1.29 is 9.59 Å². The second kappa shape index (κ2) is 9.79. The predicted molar refractivity (Wildman–Crippen MR) is 104 cm³/mol. The number of amidine groups is 1. The fourth-order valence-corrected chi connectivity index (χ4v) is 3.14. The molecule has 0 spiro atoms. The summed E-state index contributed by atoms with van der Waals surface area (Å²) < 4.78 is 0. The first-order valence-corrected chi connectivity index (χ1v) is 9.26. The van der Waals surface area contributed by atoms with E-state index in [9.17, 15) is 9.59 Å². The minimum atomic E-state index is -0.340. The van der Waals surface area contributed by atoms with Crippen LogP contribution in [0.2, 0.25) is 0 Å². The zero-order valence-corrected chi connectivity index (χ0v) is 15.3. The van der Waals surface area contributed by atoms with Gasteiger partial charge >= 0.3 is 0 Å². The largest absolute Gasteiger partial charge is 0.290 e. The van der Waals surface area contributed by atoms with E-state index in [-0.39, 0.29) is 11.8 Å². The zero-order chi connectivity index (χ0) is 18.1. The van der Waals surface area contributed by atoms with Crippen LogP contribution in [0.15, 0.2) is 65.7 Å². The molecule has 0 radical (unpaired) electrons. The maximum absolute atomic E-state index is 12.7. The van der Waals surface area contributed by atoms with Gasteiger partial charge in [0.05, 0.1) is 0 Å². The molecule has 2 aromatic rings. The smallest absolute Gasteiger partial charge is 0.279 e. The molecular weight excluding hydrogens is 332 g/mol. The molecule has 25 heavy (non-hydrogen) atoms. The number of carbonyl (C=O) groups is 2. The molecule has 0 heterocycles. The van der Waals surface area contributed by atoms with Gasteiger partial charge in [0.15, 0.2) is 5.17 Å². The van der Waals surface area contributed by atoms with Gasteiger partial charge in [-0.05, 0) is 30.7 Å². The number of hydrogen-bond donors (Lipinski definition) is 0. The number of rotatable bonds is 5. The highest BCUT2D eigenvalue weighted by Crippen LogP contribution is 2.15. The Kier molecular flexibility index (Phi) is 7.41. The lowest BCUT2D eigenvalue weighted by Crippen LogP contribution is -2.32. The molecule has 0 saturated heterocycles. The number of nitrogens with zero attached hydrogens (tertiary/aromatic N) is 2. The average molecular weight is 354 g/mol. The van der Waals surface area contributed by atoms with Crippen molar-refractivity contribution in [2.24, 2.45) is 4.99 Å². The summed E-state index contributed by atoms with van der Waals surface area (Å²) >= 11 is 1.43. The standard InChI is InChI=1S/C20H22N2O2S/c1-3-4-15-25-20(21-18(23)16-11-7-5-8-12-16)22(2)19(24)17-13-9-6-10-14-17/h5-14H,3-4,15H2,1-2H3. The van der Waals surface area contributed by atoms with Crippen molar-refractivity contribution in [1.29, 1.82) is 0 Å². The van der Waals surface area contributed by atoms with Gasteiger partial charge in [-0.3, -0.25) is 14.5 Å². The van der Waals surface area contributed by atoms with Crippen LogP contribution in [-0.4, -0.2) is 34.7 Å². The number of unbranched alkanes of at least 4 members (excludes halogenated alkanes) is 1. The normalized spacial score (nSPS) is 11.2. The average Bonchev–Trinajstić information content (AvgIpc) is 2.67. The molecule has 0 aliphatic carbocycles. The van der Waals surface area contributed by atoms with E-state index in [1.165, 1.54) is 16.7 Å². The van der Waals surface area contributed by atoms with Crippen molar-refractivity contribution in [3.63, 3.8) is 0 Å². The summed E-state index contributed by atoms with van der Waals surface area (Å²) in [7, 11) is 1.66. The third-order valence-corrected chi connectivity index (χ3v) is 4.68. The van der Waals surface area contributed by atoms with Crippen molar-refractivity contribution in [1.82, 2.24) is 4.90 Å². The SMILES string of the molecule is CCCCSC(=NC(=O)c1ccccc1)N(C)C(=O)c1ccccc1. The lowest BCUT2D eigenvalue weighted by atomic mass is 10.2. The number of hydrogen-bond acceptors (Lipinski definition) is 3. The molecular formula is C20H22N2O2S. The van der Waals surface area contributed by atoms with Crippen molar-refractivity contribution in [3.8, 4) is 0 Å². The third kappa shape index (κ3) is 5.57. The molecule has 0 aliphatic heterocycles. The van der Waals surface area contributed by atoms with Gasteiger partial charge in [-0.25, -0.2) is 0 Å². The molecule has 4 nitrogen and oxygen atoms in total. The molecule has 0 aliphatic rings. The minimum Gasteiger partial charge on any atom is -0.290 e. The van der Waals surface area contributed by atoms with E-state index in [1.54, 1.807) is 43.4 Å². The Morgan fingerprint density at radius 1 is 0.960 bits per heavy atom. The van der Waals surface area contributed by atoms with Crippen molar-refractivity contribution in [3.05, 3.63) is 71.8 Å². The second-order valence-electron chi connectivity index (χ2n) is 5.50. The molecule has 0 aromatic heterocycles. The molecule has 130 valence electrons. The van der Waals surface area contributed by atoms with Crippen LogP contribution in [0, 0.1) is 0 Å². The summed E-state index contributed by atoms with van der Waals surface area (Å²) in [4.78, 5) is 30.7. The first-order chi connectivity index (χ1) is 12.1. The van der Waals surface area contributed by atoms with Crippen molar-refractivity contribution in [2.75, 3.05) is 12.8 Å². The molecule has 5 heteroatoms. The van der Waals surface area contributed by atoms with Crippen LogP contribution >= 0.6 is 11.8 Å². The summed E-state index contributed by atoms with van der Waals surface area (Å²) in [6, 6.07) is 17.9. The molecule has 2 rings (SSSR count). The summed E-state index contributed by atoms with van der Waals surface area (Å²) in [5.74, 6) is 0.292. The van der Waals surface area contributed by atoms with E-state index in [4.69, 9.17) is 0 Å². The summed E-state index contributed by atoms with van der Waals surface area (Å²) in [5, 5.41) is 0.427. The summed E-state index contributed by atoms with van der Waals surface area (Å²) in [6.07, 6.45) is 2.04. The van der Waals surface area contributed by atoms with Gasteiger partial charge in [-0.2, -0.15) is 4.99 Å². The van der Waals surface area contributed by atoms with Crippen LogP contribution in [0.3, 0.4) is 0 Å². The molecule has 0 unspecified atom stereocenters. The number of benzene rings is 2. The van der Waals surface area contributed by atoms with E-state index in [0.29, 0.717) is 16.3 Å². The molecule has 2 amide bonds. The van der Waals surface area contributed by atoms with Gasteiger partial charge in [0.2, 0.25) is 0 Å². The maximum atomic E-state index is 12.7. The van der Waals surface area contributed by atoms with E-state index in [0.717, 1.165) is 18.6 Å². The molecule has 0 saturated carbocycles. The first kappa shape index (κ1) is 18.9. The van der Waals surface area contributed by atoms with E-state index in [2.05, 4.69) is 11.9 Å². The Morgan fingerprint density at radius 2 is 1.52 bits per heavy atom. The Bertz CT molecular complexity index is 730.